The van der Waals surface area contributed by atoms with Gasteiger partial charge in [0.15, 0.2) is 0 Å². The summed E-state index contributed by atoms with van der Waals surface area (Å²) in [6, 6.07) is 7.32. The largest absolute Gasteiger partial charge is 0.299 e. The number of hydrogen-bond donors (Lipinski definition) is 0. The van der Waals surface area contributed by atoms with Crippen LogP contribution in [0.15, 0.2) is 29.4 Å². The maximum Gasteiger partial charge on any atom is 0.140 e. The fourth-order valence-corrected chi connectivity index (χ4v) is 2.36. The molecule has 0 spiro atoms. The number of carbonyl (C=O) groups is 1. The van der Waals surface area contributed by atoms with Crippen molar-refractivity contribution < 1.29 is 4.79 Å². The lowest BCUT2D eigenvalue weighted by molar-refractivity contribution is -0.122. The molecule has 88 valence electrons. The molecule has 1 aliphatic rings. The van der Waals surface area contributed by atoms with Gasteiger partial charge in [0, 0.05) is 22.9 Å². The molecule has 4 heteroatoms. The summed E-state index contributed by atoms with van der Waals surface area (Å²) in [5.41, 5.74) is 9.95. The molecule has 1 fully saturated rings. The SMILES string of the molecule is CC1CCC(=O)C(c2ccc(N=[N+]=[N-])cc2)C1. The predicted molar refractivity (Wildman–Crippen MR) is 66.0 cm³/mol. The van der Waals surface area contributed by atoms with Crippen LogP contribution in [0.5, 0.6) is 0 Å². The Balaban J connectivity index is 2.21. The Morgan fingerprint density at radius 3 is 2.71 bits per heavy atom. The fraction of sp³-hybridized carbons (Fsp3) is 0.462. The molecule has 17 heavy (non-hydrogen) atoms. The van der Waals surface area contributed by atoms with E-state index in [1.807, 2.05) is 12.1 Å². The molecule has 1 aromatic carbocycles. The van der Waals surface area contributed by atoms with Gasteiger partial charge in [0.05, 0.1) is 0 Å². The lowest BCUT2D eigenvalue weighted by Crippen LogP contribution is -2.21. The van der Waals surface area contributed by atoms with E-state index in [2.05, 4.69) is 16.9 Å². The topological polar surface area (TPSA) is 65.8 Å². The van der Waals surface area contributed by atoms with E-state index in [0.717, 1.165) is 18.4 Å². The summed E-state index contributed by atoms with van der Waals surface area (Å²) >= 11 is 0. The summed E-state index contributed by atoms with van der Waals surface area (Å²) in [5.74, 6) is 0.966. The number of ketones is 1. The first kappa shape index (κ1) is 11.7. The van der Waals surface area contributed by atoms with Crippen LogP contribution < -0.4 is 0 Å². The predicted octanol–water partition coefficient (Wildman–Crippen LogP) is 4.10. The van der Waals surface area contributed by atoms with Gasteiger partial charge in [0.2, 0.25) is 0 Å². The molecule has 2 unspecified atom stereocenters. The van der Waals surface area contributed by atoms with Crippen LogP contribution in [0.4, 0.5) is 5.69 Å². The minimum absolute atomic E-state index is 0.0267. The van der Waals surface area contributed by atoms with Gasteiger partial charge in [0.25, 0.3) is 0 Å². The molecule has 2 atom stereocenters. The van der Waals surface area contributed by atoms with Crippen LogP contribution in [0.25, 0.3) is 10.4 Å². The molecule has 2 rings (SSSR count). The summed E-state index contributed by atoms with van der Waals surface area (Å²) in [6.07, 6.45) is 2.62. The van der Waals surface area contributed by atoms with Gasteiger partial charge in [-0.1, -0.05) is 36.3 Å². The van der Waals surface area contributed by atoms with Gasteiger partial charge in [-0.3, -0.25) is 4.79 Å². The van der Waals surface area contributed by atoms with Gasteiger partial charge in [-0.25, -0.2) is 0 Å². The highest BCUT2D eigenvalue weighted by atomic mass is 16.1. The van der Waals surface area contributed by atoms with Gasteiger partial charge in [-0.15, -0.1) is 0 Å². The Hall–Kier alpha value is -1.80. The summed E-state index contributed by atoms with van der Waals surface area (Å²) in [6.45, 7) is 2.19. The van der Waals surface area contributed by atoms with E-state index < -0.39 is 0 Å². The van der Waals surface area contributed by atoms with E-state index in [9.17, 15) is 4.79 Å². The highest BCUT2D eigenvalue weighted by Gasteiger charge is 2.27. The molecule has 0 saturated heterocycles. The zero-order chi connectivity index (χ0) is 12.3. The molecule has 0 aliphatic heterocycles. The monoisotopic (exact) mass is 229 g/mol. The standard InChI is InChI=1S/C13H15N3O/c1-9-2-7-13(17)12(8-9)10-3-5-11(6-4-10)15-16-14/h3-6,9,12H,2,7-8H2,1H3. The minimum atomic E-state index is 0.0267. The van der Waals surface area contributed by atoms with Crippen molar-refractivity contribution in [1.82, 2.24) is 0 Å². The molecule has 1 aliphatic carbocycles. The highest BCUT2D eigenvalue weighted by Crippen LogP contribution is 2.34. The first-order chi connectivity index (χ1) is 8.20. The van der Waals surface area contributed by atoms with Crippen molar-refractivity contribution in [2.75, 3.05) is 0 Å². The molecule has 0 aromatic heterocycles. The second-order valence-electron chi connectivity index (χ2n) is 4.68. The Morgan fingerprint density at radius 1 is 1.35 bits per heavy atom. The highest BCUT2D eigenvalue weighted by molar-refractivity contribution is 5.86. The normalized spacial score (nSPS) is 24.2. The van der Waals surface area contributed by atoms with Crippen molar-refractivity contribution in [1.29, 1.82) is 0 Å². The molecule has 4 nitrogen and oxygen atoms in total. The maximum atomic E-state index is 11.9. The summed E-state index contributed by atoms with van der Waals surface area (Å²) in [7, 11) is 0. The van der Waals surface area contributed by atoms with Crippen LogP contribution >= 0.6 is 0 Å². The number of Topliss-reactive ketones (excluding diaryl/α,β-unsaturated/α-hetero) is 1. The van der Waals surface area contributed by atoms with Crippen LogP contribution in [0.1, 0.15) is 37.7 Å². The van der Waals surface area contributed by atoms with E-state index in [0.29, 0.717) is 23.8 Å². The van der Waals surface area contributed by atoms with E-state index in [1.165, 1.54) is 0 Å². The van der Waals surface area contributed by atoms with E-state index >= 15 is 0 Å². The van der Waals surface area contributed by atoms with E-state index in [1.54, 1.807) is 12.1 Å². The average molecular weight is 229 g/mol. The quantitative estimate of drug-likeness (QED) is 0.427. The van der Waals surface area contributed by atoms with Gasteiger partial charge >= 0.3 is 0 Å². The van der Waals surface area contributed by atoms with Crippen molar-refractivity contribution in [2.24, 2.45) is 11.0 Å². The van der Waals surface area contributed by atoms with Gasteiger partial charge in [0.1, 0.15) is 5.78 Å². The van der Waals surface area contributed by atoms with Crippen molar-refractivity contribution in [3.8, 4) is 0 Å². The second kappa shape index (κ2) is 5.02. The maximum absolute atomic E-state index is 11.9. The van der Waals surface area contributed by atoms with Gasteiger partial charge in [-0.05, 0) is 29.9 Å². The third-order valence-electron chi connectivity index (χ3n) is 3.37. The smallest absolute Gasteiger partial charge is 0.140 e. The van der Waals surface area contributed by atoms with Gasteiger partial charge in [-0.2, -0.15) is 0 Å². The van der Waals surface area contributed by atoms with Crippen LogP contribution in [0.3, 0.4) is 0 Å². The number of carbonyl (C=O) groups excluding carboxylic acids is 1. The van der Waals surface area contributed by atoms with Crippen LogP contribution in [-0.2, 0) is 4.79 Å². The second-order valence-corrected chi connectivity index (χ2v) is 4.68. The fourth-order valence-electron chi connectivity index (χ4n) is 2.36. The van der Waals surface area contributed by atoms with E-state index in [4.69, 9.17) is 5.53 Å². The number of benzene rings is 1. The molecular formula is C13H15N3O. The molecular weight excluding hydrogens is 214 g/mol. The third kappa shape index (κ3) is 2.66. The van der Waals surface area contributed by atoms with Crippen LogP contribution in [-0.4, -0.2) is 5.78 Å². The Bertz CT molecular complexity index is 460. The summed E-state index contributed by atoms with van der Waals surface area (Å²) in [4.78, 5) is 14.6. The average Bonchev–Trinajstić information content (AvgIpc) is 2.34. The lowest BCUT2D eigenvalue weighted by atomic mass is 9.78. The minimum Gasteiger partial charge on any atom is -0.299 e. The van der Waals surface area contributed by atoms with Crippen molar-refractivity contribution in [3.05, 3.63) is 40.3 Å². The zero-order valence-corrected chi connectivity index (χ0v) is 9.84. The van der Waals surface area contributed by atoms with Crippen LogP contribution in [0, 0.1) is 5.92 Å². The molecule has 0 N–H and O–H groups in total. The first-order valence-corrected chi connectivity index (χ1v) is 5.88. The van der Waals surface area contributed by atoms with Crippen molar-refractivity contribution in [2.45, 2.75) is 32.1 Å². The zero-order valence-electron chi connectivity index (χ0n) is 9.84. The molecule has 0 bridgehead atoms. The van der Waals surface area contributed by atoms with E-state index in [-0.39, 0.29) is 5.92 Å². The Labute approximate surface area is 100 Å². The number of azide groups is 1. The molecule has 0 heterocycles. The summed E-state index contributed by atoms with van der Waals surface area (Å²) in [5, 5.41) is 3.52. The van der Waals surface area contributed by atoms with Gasteiger partial charge < -0.3 is 0 Å². The number of nitrogens with zero attached hydrogens (tertiary/aromatic N) is 3. The molecule has 1 saturated carbocycles. The third-order valence-corrected chi connectivity index (χ3v) is 3.37. The lowest BCUT2D eigenvalue weighted by Gasteiger charge is -2.25. The van der Waals surface area contributed by atoms with Crippen LogP contribution in [0.2, 0.25) is 0 Å². The summed E-state index contributed by atoms with van der Waals surface area (Å²) < 4.78 is 0. The van der Waals surface area contributed by atoms with Crippen molar-refractivity contribution in [3.63, 3.8) is 0 Å². The molecule has 0 radical (unpaired) electrons. The molecule has 1 aromatic rings. The Morgan fingerprint density at radius 2 is 2.06 bits per heavy atom. The Kier molecular flexibility index (Phi) is 3.45. The number of rotatable bonds is 2. The first-order valence-electron chi connectivity index (χ1n) is 5.88. The van der Waals surface area contributed by atoms with Crippen molar-refractivity contribution >= 4 is 11.5 Å². The molecule has 0 amide bonds. The number of hydrogen-bond acceptors (Lipinski definition) is 2.